The number of hydrogen-bond acceptors (Lipinski definition) is 4. The van der Waals surface area contributed by atoms with E-state index in [4.69, 9.17) is 9.47 Å². The van der Waals surface area contributed by atoms with Crippen molar-refractivity contribution in [2.24, 2.45) is 10.9 Å². The Bertz CT molecular complexity index is 358. The Morgan fingerprint density at radius 1 is 1.61 bits per heavy atom. The molecule has 0 fully saturated rings. The molecular formula is C14H23NO3. The van der Waals surface area contributed by atoms with Gasteiger partial charge >= 0.3 is 5.97 Å². The molecule has 4 heteroatoms. The predicted octanol–water partition coefficient (Wildman–Crippen LogP) is 2.73. The van der Waals surface area contributed by atoms with Gasteiger partial charge in [0.15, 0.2) is 5.90 Å². The molecule has 0 bridgehead atoms. The standard InChI is InChI=1S/C14H23NO3/c1-10(2)13(16)17-8-6-7-11(3)12-15-14(4,5)9-18-12/h11H,1,6-9H2,2-5H3. The number of aliphatic imine (C=N–C) groups is 1. The minimum atomic E-state index is -0.321. The summed E-state index contributed by atoms with van der Waals surface area (Å²) in [6, 6.07) is 0. The molecule has 0 aromatic heterocycles. The number of rotatable bonds is 6. The number of ether oxygens (including phenoxy) is 2. The fourth-order valence-electron chi connectivity index (χ4n) is 1.67. The zero-order chi connectivity index (χ0) is 13.8. The monoisotopic (exact) mass is 253 g/mol. The van der Waals surface area contributed by atoms with Crippen LogP contribution < -0.4 is 0 Å². The van der Waals surface area contributed by atoms with Crippen LogP contribution in [0.1, 0.15) is 40.5 Å². The molecule has 0 spiro atoms. The van der Waals surface area contributed by atoms with Crippen LogP contribution >= 0.6 is 0 Å². The summed E-state index contributed by atoms with van der Waals surface area (Å²) in [6.45, 7) is 12.5. The Morgan fingerprint density at radius 2 is 2.28 bits per heavy atom. The van der Waals surface area contributed by atoms with Gasteiger partial charge in [-0.25, -0.2) is 9.79 Å². The highest BCUT2D eigenvalue weighted by Crippen LogP contribution is 2.22. The van der Waals surface area contributed by atoms with E-state index in [9.17, 15) is 4.79 Å². The topological polar surface area (TPSA) is 47.9 Å². The Labute approximate surface area is 109 Å². The third-order valence-electron chi connectivity index (χ3n) is 2.77. The van der Waals surface area contributed by atoms with Crippen LogP contribution in [-0.4, -0.2) is 30.6 Å². The minimum absolute atomic E-state index is 0.101. The fraction of sp³-hybridized carbons (Fsp3) is 0.714. The van der Waals surface area contributed by atoms with E-state index in [0.29, 0.717) is 18.8 Å². The lowest BCUT2D eigenvalue weighted by Gasteiger charge is -2.11. The van der Waals surface area contributed by atoms with Crippen molar-refractivity contribution in [1.82, 2.24) is 0 Å². The Balaban J connectivity index is 2.24. The van der Waals surface area contributed by atoms with E-state index in [2.05, 4.69) is 32.3 Å². The van der Waals surface area contributed by atoms with E-state index < -0.39 is 0 Å². The number of carbonyl (C=O) groups is 1. The van der Waals surface area contributed by atoms with Crippen LogP contribution in [0, 0.1) is 5.92 Å². The van der Waals surface area contributed by atoms with Crippen LogP contribution in [-0.2, 0) is 14.3 Å². The molecule has 0 N–H and O–H groups in total. The quantitative estimate of drug-likeness (QED) is 0.415. The van der Waals surface area contributed by atoms with Crippen LogP contribution in [0.2, 0.25) is 0 Å². The first-order valence-corrected chi connectivity index (χ1v) is 6.37. The minimum Gasteiger partial charge on any atom is -0.478 e. The summed E-state index contributed by atoms with van der Waals surface area (Å²) in [5, 5.41) is 0. The second-order valence-corrected chi connectivity index (χ2v) is 5.51. The summed E-state index contributed by atoms with van der Waals surface area (Å²) < 4.78 is 10.6. The van der Waals surface area contributed by atoms with Gasteiger partial charge in [-0.1, -0.05) is 13.5 Å². The average molecular weight is 253 g/mol. The molecule has 0 saturated heterocycles. The number of carbonyl (C=O) groups excluding carboxylic acids is 1. The maximum absolute atomic E-state index is 11.2. The van der Waals surface area contributed by atoms with Crippen LogP contribution in [0.3, 0.4) is 0 Å². The molecule has 1 atom stereocenters. The van der Waals surface area contributed by atoms with Crippen molar-refractivity contribution in [2.45, 2.75) is 46.1 Å². The van der Waals surface area contributed by atoms with Crippen molar-refractivity contribution in [3.8, 4) is 0 Å². The van der Waals surface area contributed by atoms with Crippen LogP contribution in [0.25, 0.3) is 0 Å². The van der Waals surface area contributed by atoms with E-state index in [0.717, 1.165) is 18.7 Å². The van der Waals surface area contributed by atoms with Gasteiger partial charge in [0.1, 0.15) is 6.61 Å². The molecule has 0 aliphatic carbocycles. The van der Waals surface area contributed by atoms with Crippen LogP contribution in [0.15, 0.2) is 17.1 Å². The van der Waals surface area contributed by atoms with Crippen molar-refractivity contribution in [3.05, 3.63) is 12.2 Å². The zero-order valence-electron chi connectivity index (χ0n) is 11.8. The summed E-state index contributed by atoms with van der Waals surface area (Å²) in [7, 11) is 0. The van der Waals surface area contributed by atoms with Crippen molar-refractivity contribution in [3.63, 3.8) is 0 Å². The Hall–Kier alpha value is -1.32. The van der Waals surface area contributed by atoms with Gasteiger partial charge in [0.05, 0.1) is 12.1 Å². The van der Waals surface area contributed by atoms with Crippen molar-refractivity contribution >= 4 is 11.9 Å². The van der Waals surface area contributed by atoms with E-state index >= 15 is 0 Å². The summed E-state index contributed by atoms with van der Waals surface area (Å²) in [4.78, 5) is 15.7. The number of hydrogen-bond donors (Lipinski definition) is 0. The molecule has 1 aliphatic heterocycles. The number of nitrogens with zero attached hydrogens (tertiary/aromatic N) is 1. The third kappa shape index (κ3) is 4.51. The first-order chi connectivity index (χ1) is 8.32. The third-order valence-corrected chi connectivity index (χ3v) is 2.77. The Kier molecular flexibility index (Phi) is 4.93. The van der Waals surface area contributed by atoms with E-state index in [1.54, 1.807) is 6.92 Å². The molecule has 1 aliphatic rings. The Morgan fingerprint density at radius 3 is 2.78 bits per heavy atom. The number of esters is 1. The molecule has 0 radical (unpaired) electrons. The van der Waals surface area contributed by atoms with Crippen molar-refractivity contribution in [1.29, 1.82) is 0 Å². The van der Waals surface area contributed by atoms with Crippen LogP contribution in [0.5, 0.6) is 0 Å². The molecule has 1 rings (SSSR count). The van der Waals surface area contributed by atoms with Gasteiger partial charge in [-0.15, -0.1) is 0 Å². The molecule has 4 nitrogen and oxygen atoms in total. The summed E-state index contributed by atoms with van der Waals surface area (Å²) in [5.74, 6) is 0.778. The van der Waals surface area contributed by atoms with Crippen molar-refractivity contribution in [2.75, 3.05) is 13.2 Å². The van der Waals surface area contributed by atoms with Gasteiger partial charge in [0.25, 0.3) is 0 Å². The summed E-state index contributed by atoms with van der Waals surface area (Å²) in [5.41, 5.74) is 0.337. The normalized spacial score (nSPS) is 18.8. The highest BCUT2D eigenvalue weighted by atomic mass is 16.5. The lowest BCUT2D eigenvalue weighted by atomic mass is 10.1. The van der Waals surface area contributed by atoms with Gasteiger partial charge in [0.2, 0.25) is 0 Å². The molecule has 102 valence electrons. The van der Waals surface area contributed by atoms with Gasteiger partial charge < -0.3 is 9.47 Å². The molecular weight excluding hydrogens is 230 g/mol. The largest absolute Gasteiger partial charge is 0.478 e. The van der Waals surface area contributed by atoms with Gasteiger partial charge in [0, 0.05) is 11.5 Å². The maximum Gasteiger partial charge on any atom is 0.333 e. The van der Waals surface area contributed by atoms with E-state index in [1.807, 2.05) is 0 Å². The summed E-state index contributed by atoms with van der Waals surface area (Å²) in [6.07, 6.45) is 1.71. The molecule has 18 heavy (non-hydrogen) atoms. The molecule has 0 aromatic carbocycles. The zero-order valence-corrected chi connectivity index (χ0v) is 11.8. The van der Waals surface area contributed by atoms with Gasteiger partial charge in [-0.2, -0.15) is 0 Å². The summed E-state index contributed by atoms with van der Waals surface area (Å²) >= 11 is 0. The molecule has 0 amide bonds. The van der Waals surface area contributed by atoms with Gasteiger partial charge in [-0.05, 0) is 33.6 Å². The molecule has 1 unspecified atom stereocenters. The lowest BCUT2D eigenvalue weighted by Crippen LogP contribution is -2.17. The van der Waals surface area contributed by atoms with E-state index in [1.165, 1.54) is 0 Å². The smallest absolute Gasteiger partial charge is 0.333 e. The van der Waals surface area contributed by atoms with Crippen LogP contribution in [0.4, 0.5) is 0 Å². The first-order valence-electron chi connectivity index (χ1n) is 6.37. The highest BCUT2D eigenvalue weighted by Gasteiger charge is 2.28. The highest BCUT2D eigenvalue weighted by molar-refractivity contribution is 5.86. The lowest BCUT2D eigenvalue weighted by molar-refractivity contribution is -0.139. The molecule has 0 aromatic rings. The SMILES string of the molecule is C=C(C)C(=O)OCCCC(C)C1=NC(C)(C)CO1. The molecule has 1 heterocycles. The second-order valence-electron chi connectivity index (χ2n) is 5.51. The first kappa shape index (κ1) is 14.7. The van der Waals surface area contributed by atoms with E-state index in [-0.39, 0.29) is 17.4 Å². The fourth-order valence-corrected chi connectivity index (χ4v) is 1.67. The maximum atomic E-state index is 11.2. The van der Waals surface area contributed by atoms with Crippen molar-refractivity contribution < 1.29 is 14.3 Å². The average Bonchev–Trinajstić information content (AvgIpc) is 2.64. The second kappa shape index (κ2) is 6.03. The predicted molar refractivity (Wildman–Crippen MR) is 71.6 cm³/mol. The van der Waals surface area contributed by atoms with Gasteiger partial charge in [-0.3, -0.25) is 0 Å². The molecule has 0 saturated carbocycles.